The zero-order chi connectivity index (χ0) is 41.7. The van der Waals surface area contributed by atoms with Crippen LogP contribution in [0, 0.1) is 11.8 Å². The van der Waals surface area contributed by atoms with Crippen LogP contribution in [0.15, 0.2) is 0 Å². The average Bonchev–Trinajstić information content (AvgIpc) is 3.06. The van der Waals surface area contributed by atoms with Gasteiger partial charge in [0.2, 0.25) is 35.4 Å². The third-order valence-electron chi connectivity index (χ3n) is 8.03. The van der Waals surface area contributed by atoms with E-state index in [9.17, 15) is 48.3 Å². The van der Waals surface area contributed by atoms with Gasteiger partial charge < -0.3 is 58.7 Å². The van der Waals surface area contributed by atoms with Crippen LogP contribution in [0.4, 0.5) is 0 Å². The van der Waals surface area contributed by atoms with E-state index in [4.69, 9.17) is 21.7 Å². The van der Waals surface area contributed by atoms with Crippen LogP contribution in [-0.2, 0) is 43.2 Å². The Hall–Kier alpha value is -4.85. The van der Waals surface area contributed by atoms with Gasteiger partial charge in [-0.3, -0.25) is 43.2 Å². The first-order valence-corrected chi connectivity index (χ1v) is 18.0. The lowest BCUT2D eigenvalue weighted by atomic mass is 10.00. The number of carboxylic acids is 3. The van der Waals surface area contributed by atoms with Crippen LogP contribution in [-0.4, -0.2) is 118 Å². The molecule has 0 spiro atoms. The van der Waals surface area contributed by atoms with Crippen LogP contribution in [0.3, 0.4) is 0 Å². The molecule has 0 radical (unpaired) electrons. The SMILES string of the molecule is CC(C)C[C@H](NC(=O)[C@H](CCC(=O)O)NC(=O)[C@H](CC(C)C)NC(=O)[C@@H](N)CCCCN)C(=O)N[C@@H](C)C(=O)N[C@@H](CCC(=O)O)C(=O)N[C@@H](C)C(=O)O. The molecule has 0 aromatic rings. The molecule has 0 heterocycles. The van der Waals surface area contributed by atoms with E-state index in [0.29, 0.717) is 25.8 Å². The fourth-order valence-corrected chi connectivity index (χ4v) is 4.99. The monoisotopic (exact) mass is 772 g/mol. The van der Waals surface area contributed by atoms with Crippen molar-refractivity contribution in [3.8, 4) is 0 Å². The molecule has 0 unspecified atom stereocenters. The standard InChI is InChI=1S/C34H60N8O12/c1-17(2)15-24(32(51)37-19(5)28(47)39-22(10-12-26(43)44)30(49)38-20(6)34(53)54)42-31(50)23(11-13-27(45)46)40-33(52)25(16-18(3)4)41-29(48)21(36)9-7-8-14-35/h17-25H,7-16,35-36H2,1-6H3,(H,37,51)(H,38,49)(H,39,47)(H,40,52)(H,41,48)(H,42,50)(H,43,44)(H,45,46)(H,53,54)/t19-,20-,21-,22-,23-,24-,25-/m0/s1. The van der Waals surface area contributed by atoms with Crippen molar-refractivity contribution < 1.29 is 58.5 Å². The smallest absolute Gasteiger partial charge is 0.325 e. The summed E-state index contributed by atoms with van der Waals surface area (Å²) in [6.07, 6.45) is -0.0656. The number of carbonyl (C=O) groups is 9. The van der Waals surface area contributed by atoms with Gasteiger partial charge in [-0.2, -0.15) is 0 Å². The van der Waals surface area contributed by atoms with Gasteiger partial charge in [-0.15, -0.1) is 0 Å². The van der Waals surface area contributed by atoms with Gasteiger partial charge in [0.1, 0.15) is 36.3 Å². The van der Waals surface area contributed by atoms with Crippen LogP contribution >= 0.6 is 0 Å². The van der Waals surface area contributed by atoms with E-state index in [1.807, 2.05) is 13.8 Å². The Morgan fingerprint density at radius 3 is 1.28 bits per heavy atom. The van der Waals surface area contributed by atoms with Crippen molar-refractivity contribution >= 4 is 53.4 Å². The summed E-state index contributed by atoms with van der Waals surface area (Å²) in [7, 11) is 0. The molecule has 13 N–H and O–H groups in total. The topological polar surface area (TPSA) is 339 Å². The van der Waals surface area contributed by atoms with E-state index >= 15 is 0 Å². The maximum Gasteiger partial charge on any atom is 0.325 e. The van der Waals surface area contributed by atoms with E-state index in [1.165, 1.54) is 13.8 Å². The summed E-state index contributed by atoms with van der Waals surface area (Å²) in [6, 6.07) is -8.95. The summed E-state index contributed by atoms with van der Waals surface area (Å²) >= 11 is 0. The van der Waals surface area contributed by atoms with Gasteiger partial charge in [0.15, 0.2) is 0 Å². The van der Waals surface area contributed by atoms with Gasteiger partial charge in [0, 0.05) is 12.8 Å². The molecule has 308 valence electrons. The molecule has 0 aliphatic carbocycles. The molecule has 0 aromatic heterocycles. The third kappa shape index (κ3) is 20.4. The highest BCUT2D eigenvalue weighted by Crippen LogP contribution is 2.11. The number of carboxylic acid groups (broad SMARTS) is 3. The molecule has 0 rings (SSSR count). The van der Waals surface area contributed by atoms with Crippen molar-refractivity contribution in [2.75, 3.05) is 6.54 Å². The number of hydrogen-bond acceptors (Lipinski definition) is 11. The minimum atomic E-state index is -1.46. The van der Waals surface area contributed by atoms with Gasteiger partial charge >= 0.3 is 17.9 Å². The van der Waals surface area contributed by atoms with Crippen LogP contribution in [0.5, 0.6) is 0 Å². The van der Waals surface area contributed by atoms with Crippen molar-refractivity contribution in [3.63, 3.8) is 0 Å². The van der Waals surface area contributed by atoms with Crippen molar-refractivity contribution in [2.45, 2.75) is 142 Å². The molecular weight excluding hydrogens is 712 g/mol. The minimum absolute atomic E-state index is 0.0380. The second-order valence-electron chi connectivity index (χ2n) is 14.1. The highest BCUT2D eigenvalue weighted by atomic mass is 16.4. The lowest BCUT2D eigenvalue weighted by Gasteiger charge is -2.27. The second kappa shape index (κ2) is 25.2. The molecular formula is C34H60N8O12. The van der Waals surface area contributed by atoms with E-state index in [1.54, 1.807) is 13.8 Å². The zero-order valence-corrected chi connectivity index (χ0v) is 31.9. The minimum Gasteiger partial charge on any atom is -0.481 e. The largest absolute Gasteiger partial charge is 0.481 e. The first kappa shape index (κ1) is 49.1. The zero-order valence-electron chi connectivity index (χ0n) is 31.9. The summed E-state index contributed by atoms with van der Waals surface area (Å²) in [6.45, 7) is 9.97. The number of carbonyl (C=O) groups excluding carboxylic acids is 6. The van der Waals surface area contributed by atoms with Crippen LogP contribution in [0.25, 0.3) is 0 Å². The second-order valence-corrected chi connectivity index (χ2v) is 14.1. The fraction of sp³-hybridized carbons (Fsp3) is 0.735. The number of amides is 6. The molecule has 0 aromatic carbocycles. The maximum absolute atomic E-state index is 13.6. The Bertz CT molecular complexity index is 1310. The molecule has 20 nitrogen and oxygen atoms in total. The van der Waals surface area contributed by atoms with Crippen molar-refractivity contribution in [3.05, 3.63) is 0 Å². The average molecular weight is 773 g/mol. The first-order valence-electron chi connectivity index (χ1n) is 18.0. The van der Waals surface area contributed by atoms with Gasteiger partial charge in [-0.25, -0.2) is 0 Å². The maximum atomic E-state index is 13.6. The first-order chi connectivity index (χ1) is 25.1. The van der Waals surface area contributed by atoms with E-state index in [0.717, 1.165) is 0 Å². The summed E-state index contributed by atoms with van der Waals surface area (Å²) in [5.41, 5.74) is 11.5. The van der Waals surface area contributed by atoms with Gasteiger partial charge in [0.05, 0.1) is 6.04 Å². The Kier molecular flexibility index (Phi) is 23.0. The number of hydrogen-bond donors (Lipinski definition) is 11. The highest BCUT2D eigenvalue weighted by molar-refractivity contribution is 5.97. The van der Waals surface area contributed by atoms with E-state index in [-0.39, 0.29) is 31.1 Å². The molecule has 0 saturated carbocycles. The third-order valence-corrected chi connectivity index (χ3v) is 8.03. The Morgan fingerprint density at radius 1 is 0.481 bits per heavy atom. The number of nitrogens with two attached hydrogens (primary N) is 2. The molecule has 0 saturated heterocycles. The van der Waals surface area contributed by atoms with Gasteiger partial charge in [-0.1, -0.05) is 34.1 Å². The fourth-order valence-electron chi connectivity index (χ4n) is 4.99. The molecule has 54 heavy (non-hydrogen) atoms. The lowest BCUT2D eigenvalue weighted by Crippen LogP contribution is -2.59. The van der Waals surface area contributed by atoms with E-state index in [2.05, 4.69) is 31.9 Å². The van der Waals surface area contributed by atoms with Crippen molar-refractivity contribution in [2.24, 2.45) is 23.3 Å². The molecule has 7 atom stereocenters. The number of unbranched alkanes of at least 4 members (excludes halogenated alkanes) is 1. The van der Waals surface area contributed by atoms with Crippen LogP contribution < -0.4 is 43.4 Å². The Morgan fingerprint density at radius 2 is 0.852 bits per heavy atom. The Labute approximate surface area is 315 Å². The molecule has 0 bridgehead atoms. The van der Waals surface area contributed by atoms with E-state index < -0.39 is 115 Å². The van der Waals surface area contributed by atoms with Gasteiger partial charge in [0.25, 0.3) is 0 Å². The predicted molar refractivity (Wildman–Crippen MR) is 194 cm³/mol. The van der Waals surface area contributed by atoms with Crippen molar-refractivity contribution in [1.82, 2.24) is 31.9 Å². The van der Waals surface area contributed by atoms with Gasteiger partial charge in [-0.05, 0) is 70.8 Å². The lowest BCUT2D eigenvalue weighted by molar-refractivity contribution is -0.142. The molecule has 6 amide bonds. The number of rotatable bonds is 27. The summed E-state index contributed by atoms with van der Waals surface area (Å²) in [4.78, 5) is 113. The molecule has 0 fully saturated rings. The normalized spacial score (nSPS) is 15.0. The van der Waals surface area contributed by atoms with Crippen LogP contribution in [0.2, 0.25) is 0 Å². The summed E-state index contributed by atoms with van der Waals surface area (Å²) < 4.78 is 0. The predicted octanol–water partition coefficient (Wildman–Crippen LogP) is -1.70. The number of nitrogens with one attached hydrogen (secondary N) is 6. The molecule has 20 heteroatoms. The molecule has 0 aliphatic rings. The molecule has 0 aliphatic heterocycles. The summed E-state index contributed by atoms with van der Waals surface area (Å²) in [5.74, 6) is -9.19. The van der Waals surface area contributed by atoms with Crippen LogP contribution in [0.1, 0.15) is 99.3 Å². The Balaban J connectivity index is 6.03. The number of aliphatic carboxylic acids is 3. The highest BCUT2D eigenvalue weighted by Gasteiger charge is 2.33. The van der Waals surface area contributed by atoms with Crippen molar-refractivity contribution in [1.29, 1.82) is 0 Å². The quantitative estimate of drug-likeness (QED) is 0.0415. The summed E-state index contributed by atoms with van der Waals surface area (Å²) in [5, 5.41) is 42.0.